The Labute approximate surface area is 139 Å². The highest BCUT2D eigenvalue weighted by molar-refractivity contribution is 6.01. The van der Waals surface area contributed by atoms with Crippen molar-refractivity contribution in [2.75, 3.05) is 32.4 Å². The second-order valence-electron chi connectivity index (χ2n) is 5.46. The van der Waals surface area contributed by atoms with E-state index >= 15 is 0 Å². The molecular weight excluding hydrogens is 327 g/mol. The molecule has 1 saturated heterocycles. The molecule has 2 rings (SSSR count). The van der Waals surface area contributed by atoms with Gasteiger partial charge in [0.05, 0.1) is 16.6 Å². The van der Waals surface area contributed by atoms with Crippen LogP contribution in [0.3, 0.4) is 0 Å². The molecule has 0 spiro atoms. The maximum Gasteiger partial charge on any atom is 0.295 e. The number of nitro benzene ring substituents is 1. The van der Waals surface area contributed by atoms with E-state index in [1.807, 2.05) is 7.05 Å². The number of carbonyl (C=O) groups is 1. The van der Waals surface area contributed by atoms with E-state index in [0.29, 0.717) is 19.0 Å². The van der Waals surface area contributed by atoms with Crippen molar-refractivity contribution >= 4 is 29.7 Å². The first kappa shape index (κ1) is 19.1. The third kappa shape index (κ3) is 4.29. The maximum atomic E-state index is 13.6. The first-order chi connectivity index (χ1) is 10.4. The van der Waals surface area contributed by atoms with Crippen molar-refractivity contribution in [1.82, 2.24) is 10.2 Å². The van der Waals surface area contributed by atoms with Crippen LogP contribution in [0.25, 0.3) is 0 Å². The number of benzene rings is 1. The minimum atomic E-state index is -0.840. The number of piperidine rings is 1. The van der Waals surface area contributed by atoms with Crippen LogP contribution in [0, 0.1) is 21.8 Å². The third-order valence-corrected chi connectivity index (χ3v) is 3.85. The number of carbonyl (C=O) groups excluding carboxylic acids is 1. The third-order valence-electron chi connectivity index (χ3n) is 3.85. The van der Waals surface area contributed by atoms with Crippen LogP contribution in [0.1, 0.15) is 23.2 Å². The van der Waals surface area contributed by atoms with E-state index in [1.54, 1.807) is 4.90 Å². The van der Waals surface area contributed by atoms with E-state index in [9.17, 15) is 19.3 Å². The zero-order valence-electron chi connectivity index (χ0n) is 12.8. The van der Waals surface area contributed by atoms with Crippen molar-refractivity contribution in [3.8, 4) is 0 Å². The van der Waals surface area contributed by atoms with Gasteiger partial charge in [-0.2, -0.15) is 0 Å². The number of nitrogens with two attached hydrogens (primary N) is 1. The second kappa shape index (κ2) is 8.07. The molecule has 1 aliphatic rings. The SMILES string of the molecule is CNCC1CCCN(C(=O)c2cc(F)cc([N+](=O)[O-])c2N)C1.Cl. The lowest BCUT2D eigenvalue weighted by Crippen LogP contribution is -2.42. The molecular formula is C14H20ClFN4O3. The Kier molecular flexibility index (Phi) is 6.71. The number of rotatable bonds is 4. The van der Waals surface area contributed by atoms with E-state index in [-0.39, 0.29) is 23.7 Å². The summed E-state index contributed by atoms with van der Waals surface area (Å²) in [6, 6.07) is 1.69. The zero-order valence-corrected chi connectivity index (χ0v) is 13.6. The van der Waals surface area contributed by atoms with Crippen LogP contribution in [0.4, 0.5) is 15.8 Å². The molecule has 1 atom stereocenters. The molecule has 0 aromatic heterocycles. The van der Waals surface area contributed by atoms with Crippen LogP contribution < -0.4 is 11.1 Å². The number of hydrogen-bond donors (Lipinski definition) is 2. The Balaban J connectivity index is 0.00000264. The lowest BCUT2D eigenvalue weighted by molar-refractivity contribution is -0.384. The molecule has 1 unspecified atom stereocenters. The molecule has 1 amide bonds. The van der Waals surface area contributed by atoms with Gasteiger partial charge >= 0.3 is 0 Å². The van der Waals surface area contributed by atoms with Crippen LogP contribution in [0.15, 0.2) is 12.1 Å². The van der Waals surface area contributed by atoms with Gasteiger partial charge in [-0.05, 0) is 38.4 Å². The first-order valence-electron chi connectivity index (χ1n) is 7.11. The Bertz CT molecular complexity index is 598. The van der Waals surface area contributed by atoms with Crippen molar-refractivity contribution in [2.24, 2.45) is 5.92 Å². The molecule has 1 aromatic rings. The summed E-state index contributed by atoms with van der Waals surface area (Å²) >= 11 is 0. The number of nitrogens with zero attached hydrogens (tertiary/aromatic N) is 2. The standard InChI is InChI=1S/C14H19FN4O3.ClH/c1-17-7-9-3-2-4-18(8-9)14(20)11-5-10(15)6-12(13(11)16)19(21)22;/h5-6,9,17H,2-4,7-8,16H2,1H3;1H. The molecule has 3 N–H and O–H groups in total. The number of nitrogens with one attached hydrogen (secondary N) is 1. The molecule has 0 aliphatic carbocycles. The van der Waals surface area contributed by atoms with Crippen LogP contribution in [-0.4, -0.2) is 42.4 Å². The van der Waals surface area contributed by atoms with E-state index in [2.05, 4.69) is 5.32 Å². The predicted molar refractivity (Wildman–Crippen MR) is 87.3 cm³/mol. The summed E-state index contributed by atoms with van der Waals surface area (Å²) in [5, 5.41) is 14.0. The highest BCUT2D eigenvalue weighted by Crippen LogP contribution is 2.29. The van der Waals surface area contributed by atoms with E-state index in [0.717, 1.165) is 31.5 Å². The van der Waals surface area contributed by atoms with Gasteiger partial charge in [0.2, 0.25) is 0 Å². The fraction of sp³-hybridized carbons (Fsp3) is 0.500. The topological polar surface area (TPSA) is 102 Å². The predicted octanol–water partition coefficient (Wildman–Crippen LogP) is 1.81. The van der Waals surface area contributed by atoms with E-state index < -0.39 is 22.3 Å². The number of nitrogen functional groups attached to an aromatic ring is 1. The molecule has 23 heavy (non-hydrogen) atoms. The molecule has 0 saturated carbocycles. The summed E-state index contributed by atoms with van der Waals surface area (Å²) in [5.41, 5.74) is 4.68. The van der Waals surface area contributed by atoms with Crippen molar-refractivity contribution < 1.29 is 14.1 Å². The lowest BCUT2D eigenvalue weighted by atomic mass is 9.97. The smallest absolute Gasteiger partial charge is 0.295 e. The van der Waals surface area contributed by atoms with Gasteiger partial charge in [0.1, 0.15) is 11.5 Å². The molecule has 128 valence electrons. The minimum Gasteiger partial charge on any atom is -0.393 e. The first-order valence-corrected chi connectivity index (χ1v) is 7.11. The van der Waals surface area contributed by atoms with E-state index in [1.165, 1.54) is 0 Å². The summed E-state index contributed by atoms with van der Waals surface area (Å²) < 4.78 is 13.6. The number of halogens is 2. The van der Waals surface area contributed by atoms with Crippen LogP contribution >= 0.6 is 12.4 Å². The summed E-state index contributed by atoms with van der Waals surface area (Å²) in [6.07, 6.45) is 1.85. The normalized spacial score (nSPS) is 17.5. The minimum absolute atomic E-state index is 0. The number of hydrogen-bond acceptors (Lipinski definition) is 5. The Morgan fingerprint density at radius 1 is 1.57 bits per heavy atom. The average Bonchev–Trinajstić information content (AvgIpc) is 2.49. The fourth-order valence-electron chi connectivity index (χ4n) is 2.81. The fourth-order valence-corrected chi connectivity index (χ4v) is 2.81. The number of anilines is 1. The maximum absolute atomic E-state index is 13.6. The van der Waals surface area contributed by atoms with Crippen molar-refractivity contribution in [3.05, 3.63) is 33.6 Å². The largest absolute Gasteiger partial charge is 0.393 e. The lowest BCUT2D eigenvalue weighted by Gasteiger charge is -2.33. The summed E-state index contributed by atoms with van der Waals surface area (Å²) in [5.74, 6) is -0.985. The van der Waals surface area contributed by atoms with Gasteiger partial charge in [0, 0.05) is 13.1 Å². The molecule has 1 aliphatic heterocycles. The monoisotopic (exact) mass is 346 g/mol. The van der Waals surface area contributed by atoms with Gasteiger partial charge in [-0.3, -0.25) is 14.9 Å². The summed E-state index contributed by atoms with van der Waals surface area (Å²) in [4.78, 5) is 24.2. The van der Waals surface area contributed by atoms with Gasteiger partial charge < -0.3 is 16.0 Å². The molecule has 7 nitrogen and oxygen atoms in total. The van der Waals surface area contributed by atoms with Crippen LogP contribution in [0.2, 0.25) is 0 Å². The number of likely N-dealkylation sites (tertiary alicyclic amines) is 1. The molecule has 9 heteroatoms. The summed E-state index contributed by atoms with van der Waals surface area (Å²) in [6.45, 7) is 1.86. The molecule has 1 heterocycles. The summed E-state index contributed by atoms with van der Waals surface area (Å²) in [7, 11) is 1.84. The highest BCUT2D eigenvalue weighted by Gasteiger charge is 2.28. The molecule has 0 radical (unpaired) electrons. The molecule has 1 aromatic carbocycles. The van der Waals surface area contributed by atoms with Crippen LogP contribution in [0.5, 0.6) is 0 Å². The highest BCUT2D eigenvalue weighted by atomic mass is 35.5. The van der Waals surface area contributed by atoms with Gasteiger partial charge in [-0.15, -0.1) is 12.4 Å². The van der Waals surface area contributed by atoms with Crippen molar-refractivity contribution in [1.29, 1.82) is 0 Å². The number of nitro groups is 1. The molecule has 1 fully saturated rings. The Morgan fingerprint density at radius 2 is 2.26 bits per heavy atom. The molecule has 0 bridgehead atoms. The average molecular weight is 347 g/mol. The quantitative estimate of drug-likeness (QED) is 0.492. The number of amides is 1. The second-order valence-corrected chi connectivity index (χ2v) is 5.46. The van der Waals surface area contributed by atoms with Gasteiger partial charge in [-0.1, -0.05) is 0 Å². The van der Waals surface area contributed by atoms with Crippen LogP contribution in [-0.2, 0) is 0 Å². The Morgan fingerprint density at radius 3 is 2.87 bits per heavy atom. The van der Waals surface area contributed by atoms with E-state index in [4.69, 9.17) is 5.73 Å². The van der Waals surface area contributed by atoms with Crippen molar-refractivity contribution in [3.63, 3.8) is 0 Å². The Hall–Kier alpha value is -1.93. The zero-order chi connectivity index (χ0) is 16.3. The van der Waals surface area contributed by atoms with Gasteiger partial charge in [0.15, 0.2) is 0 Å². The van der Waals surface area contributed by atoms with Crippen molar-refractivity contribution in [2.45, 2.75) is 12.8 Å². The van der Waals surface area contributed by atoms with Gasteiger partial charge in [0.25, 0.3) is 11.6 Å². The van der Waals surface area contributed by atoms with Gasteiger partial charge in [-0.25, -0.2) is 4.39 Å².